The Morgan fingerprint density at radius 3 is 2.29 bits per heavy atom. The lowest BCUT2D eigenvalue weighted by Gasteiger charge is -2.20. The van der Waals surface area contributed by atoms with E-state index >= 15 is 0 Å². The maximum atomic E-state index is 12.3. The number of amides is 1. The maximum absolute atomic E-state index is 12.3. The van der Waals surface area contributed by atoms with Crippen LogP contribution in [0.2, 0.25) is 0 Å². The lowest BCUT2D eigenvalue weighted by atomic mass is 9.95. The zero-order chi connectivity index (χ0) is 17.7. The van der Waals surface area contributed by atoms with E-state index in [0.717, 1.165) is 5.56 Å². The molecule has 4 nitrogen and oxygen atoms in total. The van der Waals surface area contributed by atoms with E-state index < -0.39 is 5.41 Å². The molecule has 0 unspecified atom stereocenters. The average Bonchev–Trinajstić information content (AvgIpc) is 2.53. The molecule has 2 aromatic rings. The summed E-state index contributed by atoms with van der Waals surface area (Å²) < 4.78 is 5.85. The van der Waals surface area contributed by atoms with Crippen LogP contribution in [-0.4, -0.2) is 11.7 Å². The van der Waals surface area contributed by atoms with Crippen LogP contribution in [0.15, 0.2) is 48.5 Å². The normalized spacial score (nSPS) is 11.0. The smallest absolute Gasteiger partial charge is 0.229 e. The summed E-state index contributed by atoms with van der Waals surface area (Å²) in [4.78, 5) is 23.9. The number of hydrogen-bond acceptors (Lipinski definition) is 3. The van der Waals surface area contributed by atoms with Crippen LogP contribution >= 0.6 is 0 Å². The predicted molar refractivity (Wildman–Crippen MR) is 95.3 cm³/mol. The molecule has 0 aliphatic carbocycles. The van der Waals surface area contributed by atoms with Crippen LogP contribution in [-0.2, 0) is 11.4 Å². The molecule has 0 spiro atoms. The van der Waals surface area contributed by atoms with Crippen molar-refractivity contribution in [3.63, 3.8) is 0 Å². The number of nitrogens with one attached hydrogen (secondary N) is 1. The van der Waals surface area contributed by atoms with Gasteiger partial charge in [0.05, 0.1) is 5.69 Å². The molecule has 0 atom stereocenters. The third-order valence-electron chi connectivity index (χ3n) is 3.55. The fourth-order valence-corrected chi connectivity index (χ4v) is 2.02. The summed E-state index contributed by atoms with van der Waals surface area (Å²) >= 11 is 0. The first-order chi connectivity index (χ1) is 11.3. The molecule has 0 aliphatic rings. The quantitative estimate of drug-likeness (QED) is 0.826. The molecule has 0 saturated heterocycles. The molecule has 0 saturated carbocycles. The van der Waals surface area contributed by atoms with Gasteiger partial charge in [-0.2, -0.15) is 0 Å². The molecule has 0 radical (unpaired) electrons. The minimum atomic E-state index is -0.539. The van der Waals surface area contributed by atoms with Gasteiger partial charge in [0.15, 0.2) is 5.78 Å². The fraction of sp³-hybridized carbons (Fsp3) is 0.300. The number of rotatable bonds is 5. The minimum Gasteiger partial charge on any atom is -0.487 e. The lowest BCUT2D eigenvalue weighted by Crippen LogP contribution is -2.28. The summed E-state index contributed by atoms with van der Waals surface area (Å²) in [6, 6.07) is 14.9. The number of hydrogen-bond donors (Lipinski definition) is 1. The monoisotopic (exact) mass is 325 g/mol. The lowest BCUT2D eigenvalue weighted by molar-refractivity contribution is -0.123. The van der Waals surface area contributed by atoms with E-state index in [0.29, 0.717) is 23.6 Å². The number of ketones is 1. The van der Waals surface area contributed by atoms with E-state index in [1.54, 1.807) is 18.2 Å². The standard InChI is InChI=1S/C20H23NO3/c1-14(22)16-10-11-18(24-13-15-8-6-5-7-9-15)17(12-16)21-19(23)20(2,3)4/h5-12H,13H2,1-4H3,(H,21,23). The molecular formula is C20H23NO3. The van der Waals surface area contributed by atoms with Crippen molar-refractivity contribution >= 4 is 17.4 Å². The highest BCUT2D eigenvalue weighted by Gasteiger charge is 2.22. The van der Waals surface area contributed by atoms with Gasteiger partial charge in [0.25, 0.3) is 0 Å². The molecule has 24 heavy (non-hydrogen) atoms. The Labute approximate surface area is 142 Å². The highest BCUT2D eigenvalue weighted by atomic mass is 16.5. The van der Waals surface area contributed by atoms with Crippen molar-refractivity contribution in [2.45, 2.75) is 34.3 Å². The Balaban J connectivity index is 2.25. The summed E-state index contributed by atoms with van der Waals surface area (Å²) in [6.45, 7) is 7.39. The van der Waals surface area contributed by atoms with E-state index in [-0.39, 0.29) is 11.7 Å². The van der Waals surface area contributed by atoms with Crippen LogP contribution in [0, 0.1) is 5.41 Å². The van der Waals surface area contributed by atoms with Crippen LogP contribution in [0.4, 0.5) is 5.69 Å². The summed E-state index contributed by atoms with van der Waals surface area (Å²) in [7, 11) is 0. The van der Waals surface area contributed by atoms with Gasteiger partial charge in [0, 0.05) is 11.0 Å². The number of benzene rings is 2. The summed E-state index contributed by atoms with van der Waals surface area (Å²) in [5, 5.41) is 2.87. The predicted octanol–water partition coefficient (Wildman–Crippen LogP) is 4.45. The topological polar surface area (TPSA) is 55.4 Å². The van der Waals surface area contributed by atoms with Crippen molar-refractivity contribution < 1.29 is 14.3 Å². The Bertz CT molecular complexity index is 730. The van der Waals surface area contributed by atoms with Crippen LogP contribution < -0.4 is 10.1 Å². The Morgan fingerprint density at radius 1 is 1.04 bits per heavy atom. The first kappa shape index (κ1) is 17.7. The summed E-state index contributed by atoms with van der Waals surface area (Å²) in [5.41, 5.74) is 1.54. The number of anilines is 1. The van der Waals surface area contributed by atoms with E-state index in [1.807, 2.05) is 51.1 Å². The van der Waals surface area contributed by atoms with Crippen molar-refractivity contribution in [1.29, 1.82) is 0 Å². The van der Waals surface area contributed by atoms with Gasteiger partial charge in [-0.15, -0.1) is 0 Å². The second-order valence-electron chi connectivity index (χ2n) is 6.75. The molecule has 0 heterocycles. The van der Waals surface area contributed by atoms with Crippen molar-refractivity contribution in [1.82, 2.24) is 0 Å². The van der Waals surface area contributed by atoms with Crippen molar-refractivity contribution in [2.75, 3.05) is 5.32 Å². The number of carbonyl (C=O) groups excluding carboxylic acids is 2. The van der Waals surface area contributed by atoms with Crippen molar-refractivity contribution in [3.05, 3.63) is 59.7 Å². The Hall–Kier alpha value is -2.62. The summed E-state index contributed by atoms with van der Waals surface area (Å²) in [5.74, 6) is 0.352. The zero-order valence-corrected chi connectivity index (χ0v) is 14.6. The fourth-order valence-electron chi connectivity index (χ4n) is 2.02. The molecule has 4 heteroatoms. The molecule has 1 amide bonds. The number of ether oxygens (including phenoxy) is 1. The number of Topliss-reactive ketones (excluding diaryl/α,β-unsaturated/α-hetero) is 1. The molecular weight excluding hydrogens is 302 g/mol. The van der Waals surface area contributed by atoms with Gasteiger partial charge < -0.3 is 10.1 Å². The minimum absolute atomic E-state index is 0.0594. The van der Waals surface area contributed by atoms with E-state index in [2.05, 4.69) is 5.32 Å². The second kappa shape index (κ2) is 7.30. The van der Waals surface area contributed by atoms with Crippen LogP contribution in [0.25, 0.3) is 0 Å². The average molecular weight is 325 g/mol. The van der Waals surface area contributed by atoms with Gasteiger partial charge in [-0.05, 0) is 30.7 Å². The second-order valence-corrected chi connectivity index (χ2v) is 6.75. The van der Waals surface area contributed by atoms with Gasteiger partial charge in [0.1, 0.15) is 12.4 Å². The van der Waals surface area contributed by atoms with Crippen molar-refractivity contribution in [3.8, 4) is 5.75 Å². The number of carbonyl (C=O) groups is 2. The van der Waals surface area contributed by atoms with Gasteiger partial charge in [0.2, 0.25) is 5.91 Å². The van der Waals surface area contributed by atoms with E-state index in [4.69, 9.17) is 4.74 Å². The van der Waals surface area contributed by atoms with Crippen LogP contribution in [0.3, 0.4) is 0 Å². The van der Waals surface area contributed by atoms with Gasteiger partial charge in [-0.3, -0.25) is 9.59 Å². The van der Waals surface area contributed by atoms with E-state index in [1.165, 1.54) is 6.92 Å². The van der Waals surface area contributed by atoms with Gasteiger partial charge >= 0.3 is 0 Å². The van der Waals surface area contributed by atoms with E-state index in [9.17, 15) is 9.59 Å². The zero-order valence-electron chi connectivity index (χ0n) is 14.6. The molecule has 0 aliphatic heterocycles. The molecule has 0 fully saturated rings. The molecule has 0 bridgehead atoms. The van der Waals surface area contributed by atoms with Crippen LogP contribution in [0.5, 0.6) is 5.75 Å². The largest absolute Gasteiger partial charge is 0.487 e. The Kier molecular flexibility index (Phi) is 5.39. The van der Waals surface area contributed by atoms with Crippen LogP contribution in [0.1, 0.15) is 43.6 Å². The maximum Gasteiger partial charge on any atom is 0.229 e. The molecule has 2 aromatic carbocycles. The Morgan fingerprint density at radius 2 is 1.71 bits per heavy atom. The SMILES string of the molecule is CC(=O)c1ccc(OCc2ccccc2)c(NC(=O)C(C)(C)C)c1. The van der Waals surface area contributed by atoms with Crippen molar-refractivity contribution in [2.24, 2.45) is 5.41 Å². The highest BCUT2D eigenvalue weighted by Crippen LogP contribution is 2.29. The molecule has 126 valence electrons. The third-order valence-corrected chi connectivity index (χ3v) is 3.55. The van der Waals surface area contributed by atoms with Gasteiger partial charge in [-0.25, -0.2) is 0 Å². The highest BCUT2D eigenvalue weighted by molar-refractivity contribution is 5.99. The molecule has 2 rings (SSSR count). The van der Waals surface area contributed by atoms with Gasteiger partial charge in [-0.1, -0.05) is 51.1 Å². The molecule has 1 N–H and O–H groups in total. The first-order valence-electron chi connectivity index (χ1n) is 7.90. The first-order valence-corrected chi connectivity index (χ1v) is 7.90. The molecule has 0 aromatic heterocycles. The summed E-state index contributed by atoms with van der Waals surface area (Å²) in [6.07, 6.45) is 0. The third kappa shape index (κ3) is 4.69.